The smallest absolute Gasteiger partial charge is 0.244 e. The Morgan fingerprint density at radius 3 is 2.23 bits per heavy atom. The highest BCUT2D eigenvalue weighted by molar-refractivity contribution is 7.80. The van der Waals surface area contributed by atoms with Gasteiger partial charge in [-0.2, -0.15) is 0 Å². The number of amides is 1. The average molecular weight is 439 g/mol. The van der Waals surface area contributed by atoms with Crippen molar-refractivity contribution >= 4 is 23.2 Å². The third-order valence-electron chi connectivity index (χ3n) is 5.85. The van der Waals surface area contributed by atoms with Gasteiger partial charge in [-0.15, -0.1) is 0 Å². The number of hydrogen-bond donors (Lipinski definition) is 3. The monoisotopic (exact) mass is 438 g/mol. The van der Waals surface area contributed by atoms with Crippen LogP contribution >= 0.6 is 12.2 Å². The second kappa shape index (κ2) is 11.8. The van der Waals surface area contributed by atoms with Gasteiger partial charge in [0.15, 0.2) is 5.11 Å². The van der Waals surface area contributed by atoms with Gasteiger partial charge in [-0.05, 0) is 43.1 Å². The van der Waals surface area contributed by atoms with E-state index in [9.17, 15) is 4.79 Å². The van der Waals surface area contributed by atoms with Gasteiger partial charge in [-0.3, -0.25) is 4.79 Å². The van der Waals surface area contributed by atoms with Gasteiger partial charge in [0.25, 0.3) is 0 Å². The number of benzene rings is 2. The summed E-state index contributed by atoms with van der Waals surface area (Å²) >= 11 is 5.56. The summed E-state index contributed by atoms with van der Waals surface area (Å²) in [6, 6.07) is 20.7. The second-order valence-electron chi connectivity index (χ2n) is 8.38. The molecule has 1 aliphatic carbocycles. The van der Waals surface area contributed by atoms with E-state index in [4.69, 9.17) is 12.2 Å². The quantitative estimate of drug-likeness (QED) is 0.550. The largest absolute Gasteiger partial charge is 0.358 e. The number of hydrogen-bond acceptors (Lipinski definition) is 3. The SMILES string of the molecule is C[C@H](NC(=S)N[C@@H]1CCCC[C@H]1NCc1ccccc1)C(=O)N(C)Cc1ccccc1. The van der Waals surface area contributed by atoms with Crippen LogP contribution < -0.4 is 16.0 Å². The zero-order chi connectivity index (χ0) is 22.1. The molecule has 3 atom stereocenters. The van der Waals surface area contributed by atoms with Crippen LogP contribution in [0.4, 0.5) is 0 Å². The van der Waals surface area contributed by atoms with Crippen molar-refractivity contribution < 1.29 is 4.79 Å². The normalized spacial score (nSPS) is 19.3. The Labute approximate surface area is 191 Å². The molecule has 1 saturated carbocycles. The Bertz CT molecular complexity index is 830. The molecule has 3 N–H and O–H groups in total. The Morgan fingerprint density at radius 1 is 1.00 bits per heavy atom. The molecule has 3 rings (SSSR count). The molecule has 31 heavy (non-hydrogen) atoms. The summed E-state index contributed by atoms with van der Waals surface area (Å²) < 4.78 is 0. The first-order valence-electron chi connectivity index (χ1n) is 11.2. The van der Waals surface area contributed by atoms with Crippen molar-refractivity contribution in [1.82, 2.24) is 20.9 Å². The summed E-state index contributed by atoms with van der Waals surface area (Å²) in [5.74, 6) is 0.0235. The Balaban J connectivity index is 1.47. The lowest BCUT2D eigenvalue weighted by Gasteiger charge is -2.34. The minimum absolute atomic E-state index is 0.0235. The molecule has 6 heteroatoms. The molecule has 1 amide bonds. The molecule has 0 unspecified atom stereocenters. The number of rotatable bonds is 8. The second-order valence-corrected chi connectivity index (χ2v) is 8.79. The van der Waals surface area contributed by atoms with E-state index in [0.717, 1.165) is 24.9 Å². The number of nitrogens with one attached hydrogen (secondary N) is 3. The minimum Gasteiger partial charge on any atom is -0.358 e. The molecular weight excluding hydrogens is 404 g/mol. The van der Waals surface area contributed by atoms with Crippen molar-refractivity contribution in [3.05, 3.63) is 71.8 Å². The summed E-state index contributed by atoms with van der Waals surface area (Å²) in [7, 11) is 1.83. The van der Waals surface area contributed by atoms with Crippen LogP contribution in [0, 0.1) is 0 Å². The third kappa shape index (κ3) is 7.33. The van der Waals surface area contributed by atoms with Crippen LogP contribution in [0.3, 0.4) is 0 Å². The lowest BCUT2D eigenvalue weighted by molar-refractivity contribution is -0.131. The van der Waals surface area contributed by atoms with Gasteiger partial charge in [0.1, 0.15) is 6.04 Å². The van der Waals surface area contributed by atoms with Gasteiger partial charge in [-0.25, -0.2) is 0 Å². The van der Waals surface area contributed by atoms with Gasteiger partial charge in [0.2, 0.25) is 5.91 Å². The van der Waals surface area contributed by atoms with Gasteiger partial charge in [-0.1, -0.05) is 73.5 Å². The van der Waals surface area contributed by atoms with E-state index in [0.29, 0.717) is 17.7 Å². The van der Waals surface area contributed by atoms with E-state index in [1.807, 2.05) is 50.4 Å². The first-order valence-corrected chi connectivity index (χ1v) is 11.6. The number of nitrogens with zero attached hydrogens (tertiary/aromatic N) is 1. The third-order valence-corrected chi connectivity index (χ3v) is 6.09. The maximum atomic E-state index is 12.8. The molecule has 0 heterocycles. The van der Waals surface area contributed by atoms with E-state index < -0.39 is 0 Å². The molecule has 0 saturated heterocycles. The van der Waals surface area contributed by atoms with Crippen LogP contribution in [0.25, 0.3) is 0 Å². The molecule has 0 spiro atoms. The van der Waals surface area contributed by atoms with Crippen molar-refractivity contribution in [2.24, 2.45) is 0 Å². The zero-order valence-corrected chi connectivity index (χ0v) is 19.3. The summed E-state index contributed by atoms with van der Waals surface area (Å²) in [5, 5.41) is 10.9. The van der Waals surface area contributed by atoms with Gasteiger partial charge in [0.05, 0.1) is 0 Å². The number of carbonyl (C=O) groups excluding carboxylic acids is 1. The highest BCUT2D eigenvalue weighted by Crippen LogP contribution is 2.19. The highest BCUT2D eigenvalue weighted by atomic mass is 32.1. The first kappa shape index (κ1) is 23.2. The molecule has 0 bridgehead atoms. The number of thiocarbonyl (C=S) groups is 1. The van der Waals surface area contributed by atoms with Crippen LogP contribution in [-0.2, 0) is 17.9 Å². The van der Waals surface area contributed by atoms with Gasteiger partial charge < -0.3 is 20.9 Å². The molecule has 0 aromatic heterocycles. The molecule has 1 fully saturated rings. The van der Waals surface area contributed by atoms with E-state index >= 15 is 0 Å². The fourth-order valence-corrected chi connectivity index (χ4v) is 4.46. The maximum Gasteiger partial charge on any atom is 0.244 e. The molecule has 1 aliphatic rings. The molecule has 2 aromatic carbocycles. The van der Waals surface area contributed by atoms with Crippen LogP contribution in [-0.4, -0.2) is 41.1 Å². The Morgan fingerprint density at radius 2 is 1.58 bits per heavy atom. The molecule has 166 valence electrons. The fourth-order valence-electron chi connectivity index (χ4n) is 4.13. The summed E-state index contributed by atoms with van der Waals surface area (Å²) in [5.41, 5.74) is 2.40. The van der Waals surface area contributed by atoms with Crippen molar-refractivity contribution in [1.29, 1.82) is 0 Å². The van der Waals surface area contributed by atoms with Gasteiger partial charge >= 0.3 is 0 Å². The number of likely N-dealkylation sites (N-methyl/N-ethyl adjacent to an activating group) is 1. The van der Waals surface area contributed by atoms with E-state index in [2.05, 4.69) is 40.2 Å². The van der Waals surface area contributed by atoms with E-state index in [1.54, 1.807) is 4.90 Å². The Kier molecular flexibility index (Phi) is 8.85. The number of carbonyl (C=O) groups is 1. The first-order chi connectivity index (χ1) is 15.0. The maximum absolute atomic E-state index is 12.8. The van der Waals surface area contributed by atoms with Crippen molar-refractivity contribution in [3.63, 3.8) is 0 Å². The lowest BCUT2D eigenvalue weighted by Crippen LogP contribution is -2.56. The molecule has 2 aromatic rings. The van der Waals surface area contributed by atoms with Crippen molar-refractivity contribution in [2.45, 2.75) is 63.8 Å². The Hall–Kier alpha value is -2.44. The zero-order valence-electron chi connectivity index (χ0n) is 18.5. The van der Waals surface area contributed by atoms with Crippen LogP contribution in [0.2, 0.25) is 0 Å². The van der Waals surface area contributed by atoms with Gasteiger partial charge in [0, 0.05) is 32.2 Å². The molecule has 0 radical (unpaired) electrons. The van der Waals surface area contributed by atoms with E-state index in [-0.39, 0.29) is 18.0 Å². The topological polar surface area (TPSA) is 56.4 Å². The summed E-state index contributed by atoms with van der Waals surface area (Å²) in [4.78, 5) is 14.5. The van der Waals surface area contributed by atoms with Crippen molar-refractivity contribution in [2.75, 3.05) is 7.05 Å². The summed E-state index contributed by atoms with van der Waals surface area (Å²) in [6.45, 7) is 3.30. The lowest BCUT2D eigenvalue weighted by atomic mass is 9.90. The predicted molar refractivity (Wildman–Crippen MR) is 131 cm³/mol. The standard InChI is InChI=1S/C25H34N4OS/c1-19(24(30)29(2)18-21-13-7-4-8-14-21)27-25(31)28-23-16-10-9-15-22(23)26-17-20-11-5-3-6-12-20/h3-8,11-14,19,22-23,26H,9-10,15-18H2,1-2H3,(H2,27,28,31)/t19-,22+,23+/m0/s1. The molecule has 5 nitrogen and oxygen atoms in total. The van der Waals surface area contributed by atoms with Crippen LogP contribution in [0.1, 0.15) is 43.7 Å². The minimum atomic E-state index is -0.381. The van der Waals surface area contributed by atoms with Crippen molar-refractivity contribution in [3.8, 4) is 0 Å². The molecule has 0 aliphatic heterocycles. The van der Waals surface area contributed by atoms with E-state index in [1.165, 1.54) is 18.4 Å². The fraction of sp³-hybridized carbons (Fsp3) is 0.440. The predicted octanol–water partition coefficient (Wildman–Crippen LogP) is 3.60. The summed E-state index contributed by atoms with van der Waals surface area (Å²) in [6.07, 6.45) is 4.62. The van der Waals surface area contributed by atoms with Crippen LogP contribution in [0.15, 0.2) is 60.7 Å². The average Bonchev–Trinajstić information content (AvgIpc) is 2.79. The van der Waals surface area contributed by atoms with Crippen LogP contribution in [0.5, 0.6) is 0 Å². The molecular formula is C25H34N4OS. The highest BCUT2D eigenvalue weighted by Gasteiger charge is 2.26.